The van der Waals surface area contributed by atoms with E-state index in [1.807, 2.05) is 0 Å². The number of hydrogen-bond acceptors (Lipinski definition) is 3. The molecule has 0 aromatic rings. The van der Waals surface area contributed by atoms with Crippen LogP contribution in [0.2, 0.25) is 0 Å². The number of rotatable bonds is 4. The van der Waals surface area contributed by atoms with E-state index in [0.29, 0.717) is 0 Å². The van der Waals surface area contributed by atoms with Crippen LogP contribution >= 0.6 is 0 Å². The van der Waals surface area contributed by atoms with Gasteiger partial charge < -0.3 is 20.3 Å². The molecule has 0 rings (SSSR count). The standard InChI is InChI=1S/C4H6NO4.Ni/c6-3(7)1-5-2-4(8)9;/h1-2H2,(H,6,7)(H,8,9);/q-1;+2/p-1. The Morgan fingerprint density at radius 3 is 2.20 bits per heavy atom. The zero-order valence-corrected chi connectivity index (χ0v) is 5.84. The monoisotopic (exact) mass is 189 g/mol. The topological polar surface area (TPSA) is 91.5 Å². The van der Waals surface area contributed by atoms with Crippen LogP contribution in [0.3, 0.4) is 0 Å². The largest absolute Gasteiger partial charge is 2.00 e. The second kappa shape index (κ2) is 6.51. The third kappa shape index (κ3) is 10.4. The molecular weight excluding hydrogens is 185 g/mol. The van der Waals surface area contributed by atoms with Crippen LogP contribution in [0.4, 0.5) is 0 Å². The zero-order valence-electron chi connectivity index (χ0n) is 4.85. The average molecular weight is 190 g/mol. The number of aliphatic carboxylic acids is 2. The van der Waals surface area contributed by atoms with Crippen molar-refractivity contribution in [2.75, 3.05) is 13.1 Å². The number of nitrogens with zero attached hydrogens (tertiary/aromatic N) is 1. The Morgan fingerprint density at radius 1 is 1.40 bits per heavy atom. The fraction of sp³-hybridized carbons (Fsp3) is 0.500. The molecule has 0 atom stereocenters. The first-order chi connectivity index (χ1) is 4.13. The number of carbonyl (C=O) groups excluding carboxylic acids is 1. The van der Waals surface area contributed by atoms with Crippen LogP contribution in [0.25, 0.3) is 5.32 Å². The molecule has 10 heavy (non-hydrogen) atoms. The van der Waals surface area contributed by atoms with E-state index in [2.05, 4.69) is 5.32 Å². The van der Waals surface area contributed by atoms with E-state index in [0.717, 1.165) is 0 Å². The van der Waals surface area contributed by atoms with Gasteiger partial charge in [-0.2, -0.15) is 0 Å². The first-order valence-electron chi connectivity index (χ1n) is 2.18. The van der Waals surface area contributed by atoms with Crippen LogP contribution < -0.4 is 5.11 Å². The Morgan fingerprint density at radius 2 is 1.90 bits per heavy atom. The number of hydrogen-bond donors (Lipinski definition) is 1. The normalized spacial score (nSPS) is 8.00. The van der Waals surface area contributed by atoms with Crippen LogP contribution in [0.15, 0.2) is 0 Å². The number of carbonyl (C=O) groups is 2. The van der Waals surface area contributed by atoms with Gasteiger partial charge in [-0.1, -0.05) is 0 Å². The Balaban J connectivity index is 0. The molecule has 0 aromatic carbocycles. The third-order valence-electron chi connectivity index (χ3n) is 0.488. The molecule has 5 nitrogen and oxygen atoms in total. The number of carboxylic acid groups (broad SMARTS) is 2. The van der Waals surface area contributed by atoms with E-state index in [4.69, 9.17) is 5.11 Å². The first-order valence-corrected chi connectivity index (χ1v) is 2.18. The van der Waals surface area contributed by atoms with E-state index in [1.165, 1.54) is 0 Å². The minimum Gasteiger partial charge on any atom is -0.648 e. The van der Waals surface area contributed by atoms with Gasteiger partial charge in [-0.25, -0.2) is 0 Å². The summed E-state index contributed by atoms with van der Waals surface area (Å²) < 4.78 is 0. The molecule has 0 aliphatic rings. The molecular formula is C4H5NNiO4. The minimum absolute atomic E-state index is 0. The fourth-order valence-electron chi connectivity index (χ4n) is 0.243. The smallest absolute Gasteiger partial charge is 0.648 e. The van der Waals surface area contributed by atoms with Crippen molar-refractivity contribution in [3.63, 3.8) is 0 Å². The van der Waals surface area contributed by atoms with Crippen molar-refractivity contribution in [2.24, 2.45) is 0 Å². The molecule has 0 aliphatic heterocycles. The molecule has 0 amide bonds. The van der Waals surface area contributed by atoms with Crippen molar-refractivity contribution in [3.8, 4) is 0 Å². The summed E-state index contributed by atoms with van der Waals surface area (Å²) in [6.07, 6.45) is 0. The molecule has 0 aromatic heterocycles. The molecule has 0 fully saturated rings. The molecule has 0 unspecified atom stereocenters. The molecule has 6 heteroatoms. The van der Waals surface area contributed by atoms with Crippen molar-refractivity contribution in [3.05, 3.63) is 5.32 Å². The zero-order chi connectivity index (χ0) is 7.28. The van der Waals surface area contributed by atoms with Gasteiger partial charge in [0.25, 0.3) is 5.97 Å². The van der Waals surface area contributed by atoms with Gasteiger partial charge in [0.05, 0.1) is 0 Å². The molecule has 0 radical (unpaired) electrons. The average Bonchev–Trinajstić information content (AvgIpc) is 1.63. The van der Waals surface area contributed by atoms with Crippen LogP contribution in [0.5, 0.6) is 0 Å². The Hall–Kier alpha value is -0.606. The quantitative estimate of drug-likeness (QED) is 0.528. The van der Waals surface area contributed by atoms with Crippen molar-refractivity contribution in [1.29, 1.82) is 0 Å². The summed E-state index contributed by atoms with van der Waals surface area (Å²) >= 11 is 0. The predicted molar refractivity (Wildman–Crippen MR) is 25.7 cm³/mol. The van der Waals surface area contributed by atoms with E-state index in [-0.39, 0.29) is 16.5 Å². The molecule has 0 heterocycles. The van der Waals surface area contributed by atoms with Crippen molar-refractivity contribution < 1.29 is 36.3 Å². The van der Waals surface area contributed by atoms with Crippen LogP contribution in [0, 0.1) is 0 Å². The Bertz CT molecular complexity index is 112. The Labute approximate surface area is 67.3 Å². The summed E-state index contributed by atoms with van der Waals surface area (Å²) in [6, 6.07) is 0. The van der Waals surface area contributed by atoms with Gasteiger partial charge in [-0.05, 0) is 6.54 Å². The van der Waals surface area contributed by atoms with E-state index in [9.17, 15) is 14.7 Å². The van der Waals surface area contributed by atoms with Crippen LogP contribution in [-0.4, -0.2) is 30.1 Å². The summed E-state index contributed by atoms with van der Waals surface area (Å²) in [5, 5.41) is 20.6. The summed E-state index contributed by atoms with van der Waals surface area (Å²) in [6.45, 7) is -1.03. The maximum absolute atomic E-state index is 9.67. The maximum atomic E-state index is 9.67. The second-order valence-corrected chi connectivity index (χ2v) is 1.31. The molecule has 0 aliphatic carbocycles. The van der Waals surface area contributed by atoms with Gasteiger partial charge in [-0.15, -0.1) is 6.54 Å². The molecule has 0 saturated heterocycles. The maximum Gasteiger partial charge on any atom is 2.00 e. The van der Waals surface area contributed by atoms with E-state index >= 15 is 0 Å². The molecule has 0 saturated carbocycles. The van der Waals surface area contributed by atoms with Gasteiger partial charge in [0.1, 0.15) is 0 Å². The summed E-state index contributed by atoms with van der Waals surface area (Å²) in [5.74, 6) is -2.51. The molecule has 0 bridgehead atoms. The van der Waals surface area contributed by atoms with Gasteiger partial charge >= 0.3 is 16.5 Å². The van der Waals surface area contributed by atoms with Crippen molar-refractivity contribution in [1.82, 2.24) is 0 Å². The fourth-order valence-corrected chi connectivity index (χ4v) is 0.243. The molecule has 0 spiro atoms. The van der Waals surface area contributed by atoms with Gasteiger partial charge in [-0.3, -0.25) is 4.79 Å². The molecule has 1 N–H and O–H groups in total. The van der Waals surface area contributed by atoms with E-state index < -0.39 is 25.0 Å². The minimum atomic E-state index is -1.36. The summed E-state index contributed by atoms with van der Waals surface area (Å²) in [5.41, 5.74) is 0. The molecule has 60 valence electrons. The van der Waals surface area contributed by atoms with Gasteiger partial charge in [0.15, 0.2) is 0 Å². The summed E-state index contributed by atoms with van der Waals surface area (Å²) in [4.78, 5) is 19.3. The van der Waals surface area contributed by atoms with Crippen LogP contribution in [-0.2, 0) is 26.1 Å². The first kappa shape index (κ1) is 12.1. The third-order valence-corrected chi connectivity index (χ3v) is 0.488. The predicted octanol–water partition coefficient (Wildman–Crippen LogP) is -1.81. The van der Waals surface area contributed by atoms with Crippen molar-refractivity contribution >= 4 is 11.9 Å². The van der Waals surface area contributed by atoms with Gasteiger partial charge in [0, 0.05) is 5.97 Å². The van der Waals surface area contributed by atoms with Gasteiger partial charge in [0.2, 0.25) is 0 Å². The van der Waals surface area contributed by atoms with Crippen molar-refractivity contribution in [2.45, 2.75) is 0 Å². The number of carboxylic acids is 2. The van der Waals surface area contributed by atoms with Crippen LogP contribution in [0.1, 0.15) is 0 Å². The summed E-state index contributed by atoms with van der Waals surface area (Å²) in [7, 11) is 0. The Kier molecular flexibility index (Phi) is 7.88. The van der Waals surface area contributed by atoms with E-state index in [1.54, 1.807) is 0 Å². The SMILES string of the molecule is O=C([O-])C[N-]CC(=O)O.[Ni+2]. The second-order valence-electron chi connectivity index (χ2n) is 1.31.